The number of amides is 1. The van der Waals surface area contributed by atoms with Crippen molar-refractivity contribution in [2.75, 3.05) is 5.75 Å². The van der Waals surface area contributed by atoms with E-state index in [1.54, 1.807) is 6.08 Å². The fourth-order valence-electron chi connectivity index (χ4n) is 1.59. The third-order valence-corrected chi connectivity index (χ3v) is 3.57. The second-order valence-electron chi connectivity index (χ2n) is 3.46. The van der Waals surface area contributed by atoms with Crippen LogP contribution in [0.25, 0.3) is 0 Å². The summed E-state index contributed by atoms with van der Waals surface area (Å²) in [4.78, 5) is 23.9. The first-order chi connectivity index (χ1) is 7.61. The third-order valence-electron chi connectivity index (χ3n) is 2.36. The van der Waals surface area contributed by atoms with E-state index in [-0.39, 0.29) is 17.7 Å². The maximum absolute atomic E-state index is 11.4. The van der Waals surface area contributed by atoms with Crippen LogP contribution in [-0.4, -0.2) is 39.1 Å². The van der Waals surface area contributed by atoms with Gasteiger partial charge < -0.3 is 10.0 Å². The van der Waals surface area contributed by atoms with Gasteiger partial charge in [-0.2, -0.15) is 0 Å². The number of thioether (sulfide) groups is 1. The molecule has 0 aromatic heterocycles. The maximum Gasteiger partial charge on any atom is 0.326 e. The molecule has 88 valence electrons. The molecule has 16 heavy (non-hydrogen) atoms. The van der Waals surface area contributed by atoms with Crippen LogP contribution >= 0.6 is 11.8 Å². The lowest BCUT2D eigenvalue weighted by Gasteiger charge is -2.43. The van der Waals surface area contributed by atoms with E-state index in [4.69, 9.17) is 5.11 Å². The first-order valence-electron chi connectivity index (χ1n) is 4.99. The average Bonchev–Trinajstić information content (AvgIpc) is 2.23. The number of nitrogens with zero attached hydrogens (tertiary/aromatic N) is 1. The average molecular weight is 241 g/mol. The fourth-order valence-corrected chi connectivity index (χ4v) is 2.63. The molecule has 5 heteroatoms. The molecular weight excluding hydrogens is 226 g/mol. The van der Waals surface area contributed by atoms with E-state index < -0.39 is 12.0 Å². The Bertz CT molecular complexity index is 316. The van der Waals surface area contributed by atoms with Crippen molar-refractivity contribution in [2.24, 2.45) is 0 Å². The van der Waals surface area contributed by atoms with E-state index in [1.807, 2.05) is 0 Å². The normalized spacial score (nSPS) is 21.1. The number of carboxylic acids is 1. The highest BCUT2D eigenvalue weighted by Gasteiger charge is 2.43. The van der Waals surface area contributed by atoms with Crippen molar-refractivity contribution >= 4 is 23.6 Å². The summed E-state index contributed by atoms with van der Waals surface area (Å²) >= 11 is 1.54. The summed E-state index contributed by atoms with van der Waals surface area (Å²) in [6.45, 7) is 7.11. The first kappa shape index (κ1) is 12.8. The highest BCUT2D eigenvalue weighted by Crippen LogP contribution is 2.32. The maximum atomic E-state index is 11.4. The minimum atomic E-state index is -0.975. The zero-order chi connectivity index (χ0) is 12.1. The Balaban J connectivity index is 2.65. The number of β-lactam (4-membered cyclic amide) rings is 1. The molecule has 0 aromatic carbocycles. The lowest BCUT2D eigenvalue weighted by molar-refractivity contribution is -0.157. The number of likely N-dealkylation sites (tertiary alicyclic amines) is 1. The monoisotopic (exact) mass is 241 g/mol. The topological polar surface area (TPSA) is 57.6 Å². The van der Waals surface area contributed by atoms with Gasteiger partial charge >= 0.3 is 5.97 Å². The van der Waals surface area contributed by atoms with Gasteiger partial charge in [0.1, 0.15) is 6.04 Å². The summed E-state index contributed by atoms with van der Waals surface area (Å²) in [6, 6.07) is -0.777. The van der Waals surface area contributed by atoms with Crippen LogP contribution < -0.4 is 0 Å². The Morgan fingerprint density at radius 1 is 1.62 bits per heavy atom. The molecule has 0 aliphatic carbocycles. The molecule has 1 rings (SSSR count). The predicted octanol–water partition coefficient (Wildman–Crippen LogP) is 1.49. The molecule has 0 bridgehead atoms. The van der Waals surface area contributed by atoms with E-state index in [2.05, 4.69) is 13.2 Å². The van der Waals surface area contributed by atoms with Crippen molar-refractivity contribution in [3.05, 3.63) is 25.3 Å². The van der Waals surface area contributed by atoms with Gasteiger partial charge in [0, 0.05) is 5.75 Å². The number of aliphatic carboxylic acids is 1. The van der Waals surface area contributed by atoms with Crippen LogP contribution in [-0.2, 0) is 9.59 Å². The van der Waals surface area contributed by atoms with Gasteiger partial charge in [-0.3, -0.25) is 4.79 Å². The zero-order valence-electron chi connectivity index (χ0n) is 8.96. The Labute approximate surface area is 99.0 Å². The Morgan fingerprint density at radius 2 is 2.31 bits per heavy atom. The van der Waals surface area contributed by atoms with Crippen molar-refractivity contribution < 1.29 is 14.7 Å². The summed E-state index contributed by atoms with van der Waals surface area (Å²) < 4.78 is 0. The van der Waals surface area contributed by atoms with Gasteiger partial charge in [-0.05, 0) is 6.42 Å². The molecule has 0 aromatic rings. The summed E-state index contributed by atoms with van der Waals surface area (Å²) in [5.74, 6) is -0.359. The second-order valence-corrected chi connectivity index (χ2v) is 4.67. The molecule has 2 unspecified atom stereocenters. The predicted molar refractivity (Wildman–Crippen MR) is 64.1 cm³/mol. The van der Waals surface area contributed by atoms with E-state index in [0.29, 0.717) is 6.42 Å². The minimum absolute atomic E-state index is 0.0356. The number of hydrogen-bond acceptors (Lipinski definition) is 3. The van der Waals surface area contributed by atoms with Gasteiger partial charge in [0.25, 0.3) is 0 Å². The molecule has 1 fully saturated rings. The molecule has 1 N–H and O–H groups in total. The van der Waals surface area contributed by atoms with Crippen molar-refractivity contribution in [3.8, 4) is 0 Å². The summed E-state index contributed by atoms with van der Waals surface area (Å²) in [7, 11) is 0. The molecule has 1 aliphatic heterocycles. The van der Waals surface area contributed by atoms with Gasteiger partial charge in [-0.1, -0.05) is 12.2 Å². The number of carboxylic acid groups (broad SMARTS) is 1. The fraction of sp³-hybridized carbons (Fsp3) is 0.455. The summed E-state index contributed by atoms with van der Waals surface area (Å²) in [5.41, 5.74) is 0. The quantitative estimate of drug-likeness (QED) is 0.542. The number of hydrogen-bond donors (Lipinski definition) is 1. The summed E-state index contributed by atoms with van der Waals surface area (Å²) in [6.07, 6.45) is 3.97. The van der Waals surface area contributed by atoms with Gasteiger partial charge in [0.15, 0.2) is 0 Å². The lowest BCUT2D eigenvalue weighted by Crippen LogP contribution is -2.58. The number of carbonyl (C=O) groups is 2. The van der Waals surface area contributed by atoms with Crippen LogP contribution in [0.2, 0.25) is 0 Å². The van der Waals surface area contributed by atoms with Crippen LogP contribution in [0.15, 0.2) is 25.3 Å². The van der Waals surface area contributed by atoms with Gasteiger partial charge in [0.05, 0.1) is 11.8 Å². The highest BCUT2D eigenvalue weighted by atomic mass is 32.2. The Morgan fingerprint density at radius 3 is 2.75 bits per heavy atom. The van der Waals surface area contributed by atoms with Crippen LogP contribution in [0.3, 0.4) is 0 Å². The lowest BCUT2D eigenvalue weighted by atomic mass is 10.1. The molecule has 2 atom stereocenters. The molecule has 1 amide bonds. The molecule has 1 saturated heterocycles. The molecule has 4 nitrogen and oxygen atoms in total. The molecular formula is C11H15NO3S. The minimum Gasteiger partial charge on any atom is -0.480 e. The molecule has 1 aliphatic rings. The van der Waals surface area contributed by atoms with Crippen molar-refractivity contribution in [3.63, 3.8) is 0 Å². The Kier molecular flexibility index (Phi) is 4.61. The molecule has 0 saturated carbocycles. The van der Waals surface area contributed by atoms with Crippen molar-refractivity contribution in [1.82, 2.24) is 4.90 Å². The van der Waals surface area contributed by atoms with Crippen LogP contribution in [0.4, 0.5) is 0 Å². The van der Waals surface area contributed by atoms with E-state index >= 15 is 0 Å². The van der Waals surface area contributed by atoms with Gasteiger partial charge in [-0.15, -0.1) is 24.9 Å². The van der Waals surface area contributed by atoms with Crippen molar-refractivity contribution in [2.45, 2.75) is 24.3 Å². The number of carbonyl (C=O) groups excluding carboxylic acids is 1. The molecule has 1 heterocycles. The first-order valence-corrected chi connectivity index (χ1v) is 6.04. The van der Waals surface area contributed by atoms with Gasteiger partial charge in [0.2, 0.25) is 5.91 Å². The second kappa shape index (κ2) is 5.75. The standard InChI is InChI=1S/C11H15NO3S/c1-3-5-8(11(14)15)12-9(13)7-10(12)16-6-4-2/h3-4,8,10H,1-2,5-7H2,(H,14,15). The van der Waals surface area contributed by atoms with Crippen molar-refractivity contribution in [1.29, 1.82) is 0 Å². The smallest absolute Gasteiger partial charge is 0.326 e. The van der Waals surface area contributed by atoms with Crippen LogP contribution in [0.1, 0.15) is 12.8 Å². The largest absolute Gasteiger partial charge is 0.480 e. The molecule has 0 radical (unpaired) electrons. The third kappa shape index (κ3) is 2.66. The van der Waals surface area contributed by atoms with E-state index in [0.717, 1.165) is 5.75 Å². The van der Waals surface area contributed by atoms with E-state index in [9.17, 15) is 9.59 Å². The van der Waals surface area contributed by atoms with Gasteiger partial charge in [-0.25, -0.2) is 4.79 Å². The summed E-state index contributed by atoms with van der Waals surface area (Å²) in [5, 5.41) is 8.99. The van der Waals surface area contributed by atoms with Crippen LogP contribution in [0.5, 0.6) is 0 Å². The van der Waals surface area contributed by atoms with Crippen LogP contribution in [0, 0.1) is 0 Å². The number of rotatable bonds is 7. The Hall–Kier alpha value is -1.23. The molecule has 0 spiro atoms. The van der Waals surface area contributed by atoms with E-state index in [1.165, 1.54) is 22.7 Å². The SMILES string of the molecule is C=CCSC1CC(=O)N1C(CC=C)C(=O)O. The zero-order valence-corrected chi connectivity index (χ0v) is 9.78. The highest BCUT2D eigenvalue weighted by molar-refractivity contribution is 8.00.